The van der Waals surface area contributed by atoms with E-state index >= 15 is 0 Å². The molecule has 4 rings (SSSR count). The normalized spacial score (nSPS) is 25.5. The maximum absolute atomic E-state index is 13.3. The fourth-order valence-corrected chi connectivity index (χ4v) is 5.38. The Balaban J connectivity index is 1.39. The van der Waals surface area contributed by atoms with Gasteiger partial charge < -0.3 is 10.2 Å². The van der Waals surface area contributed by atoms with Crippen molar-refractivity contribution in [2.75, 3.05) is 19.6 Å². The summed E-state index contributed by atoms with van der Waals surface area (Å²) in [5.41, 5.74) is 0.987. The zero-order valence-electron chi connectivity index (χ0n) is 17.0. The molecule has 1 aromatic rings. The molecule has 2 heterocycles. The molecule has 2 saturated heterocycles. The van der Waals surface area contributed by atoms with Gasteiger partial charge in [0.05, 0.1) is 5.41 Å². The molecule has 28 heavy (non-hydrogen) atoms. The van der Waals surface area contributed by atoms with Crippen molar-refractivity contribution in [2.24, 2.45) is 5.41 Å². The maximum Gasteiger partial charge on any atom is 0.243 e. The Hall–Kier alpha value is -1.88. The van der Waals surface area contributed by atoms with Crippen LogP contribution in [0.4, 0.5) is 0 Å². The highest BCUT2D eigenvalue weighted by Gasteiger charge is 2.54. The van der Waals surface area contributed by atoms with Gasteiger partial charge in [0.1, 0.15) is 6.04 Å². The molecule has 1 spiro atoms. The van der Waals surface area contributed by atoms with E-state index in [0.29, 0.717) is 19.0 Å². The summed E-state index contributed by atoms with van der Waals surface area (Å²) in [4.78, 5) is 30.5. The van der Waals surface area contributed by atoms with E-state index < -0.39 is 0 Å². The van der Waals surface area contributed by atoms with Crippen molar-refractivity contribution in [1.29, 1.82) is 0 Å². The molecule has 1 aromatic carbocycles. The van der Waals surface area contributed by atoms with Crippen LogP contribution in [0.15, 0.2) is 30.3 Å². The third-order valence-electron chi connectivity index (χ3n) is 7.08. The van der Waals surface area contributed by atoms with Crippen LogP contribution >= 0.6 is 0 Å². The zero-order valence-corrected chi connectivity index (χ0v) is 17.0. The molecule has 5 heteroatoms. The van der Waals surface area contributed by atoms with Crippen molar-refractivity contribution in [3.05, 3.63) is 35.9 Å². The molecule has 1 N–H and O–H groups in total. The zero-order chi connectivity index (χ0) is 19.6. The molecule has 3 fully saturated rings. The van der Waals surface area contributed by atoms with Gasteiger partial charge in [0.15, 0.2) is 0 Å². The lowest BCUT2D eigenvalue weighted by molar-refractivity contribution is -0.141. The van der Waals surface area contributed by atoms with E-state index in [1.54, 1.807) is 0 Å². The van der Waals surface area contributed by atoms with Crippen LogP contribution in [0.3, 0.4) is 0 Å². The molecule has 0 radical (unpaired) electrons. The number of likely N-dealkylation sites (N-methyl/N-ethyl adjacent to an activating group) is 1. The number of nitrogens with zero attached hydrogens (tertiary/aromatic N) is 2. The van der Waals surface area contributed by atoms with Crippen LogP contribution < -0.4 is 5.32 Å². The Morgan fingerprint density at radius 1 is 1.14 bits per heavy atom. The Morgan fingerprint density at radius 3 is 2.46 bits per heavy atom. The average molecular weight is 384 g/mol. The first-order valence-corrected chi connectivity index (χ1v) is 11.0. The number of amides is 2. The fourth-order valence-electron chi connectivity index (χ4n) is 5.38. The van der Waals surface area contributed by atoms with Gasteiger partial charge in [-0.15, -0.1) is 0 Å². The van der Waals surface area contributed by atoms with E-state index in [-0.39, 0.29) is 23.3 Å². The van der Waals surface area contributed by atoms with Crippen molar-refractivity contribution in [2.45, 2.75) is 70.5 Å². The van der Waals surface area contributed by atoms with Gasteiger partial charge in [0.25, 0.3) is 0 Å². The van der Waals surface area contributed by atoms with Crippen molar-refractivity contribution in [3.8, 4) is 0 Å². The quantitative estimate of drug-likeness (QED) is 0.851. The van der Waals surface area contributed by atoms with Crippen LogP contribution in [0.5, 0.6) is 0 Å². The first-order chi connectivity index (χ1) is 13.6. The van der Waals surface area contributed by atoms with Crippen LogP contribution in [0.25, 0.3) is 0 Å². The standard InChI is InChI=1S/C23H33N3O2/c1-2-26-20(21(27)24-19-10-6-7-11-19)16-23(22(26)28)12-14-25(15-13-23)17-18-8-4-3-5-9-18/h3-5,8-9,19-20H,2,6-7,10-17H2,1H3,(H,24,27). The highest BCUT2D eigenvalue weighted by atomic mass is 16.2. The summed E-state index contributed by atoms with van der Waals surface area (Å²) in [5, 5.41) is 3.23. The number of carbonyl (C=O) groups excluding carboxylic acids is 2. The van der Waals surface area contributed by atoms with Crippen molar-refractivity contribution in [1.82, 2.24) is 15.1 Å². The number of carbonyl (C=O) groups is 2. The fraction of sp³-hybridized carbons (Fsp3) is 0.652. The summed E-state index contributed by atoms with van der Waals surface area (Å²) in [6.07, 6.45) is 6.98. The van der Waals surface area contributed by atoms with Gasteiger partial charge in [-0.3, -0.25) is 14.5 Å². The van der Waals surface area contributed by atoms with E-state index in [9.17, 15) is 9.59 Å². The topological polar surface area (TPSA) is 52.7 Å². The predicted molar refractivity (Wildman–Crippen MR) is 110 cm³/mol. The second-order valence-corrected chi connectivity index (χ2v) is 8.84. The second kappa shape index (κ2) is 8.24. The Bertz CT molecular complexity index is 691. The van der Waals surface area contributed by atoms with E-state index in [4.69, 9.17) is 0 Å². The van der Waals surface area contributed by atoms with Crippen molar-refractivity contribution in [3.63, 3.8) is 0 Å². The highest BCUT2D eigenvalue weighted by Crippen LogP contribution is 2.44. The number of hydrogen-bond acceptors (Lipinski definition) is 3. The summed E-state index contributed by atoms with van der Waals surface area (Å²) in [6.45, 7) is 5.41. The third-order valence-corrected chi connectivity index (χ3v) is 7.08. The van der Waals surface area contributed by atoms with Crippen molar-refractivity contribution < 1.29 is 9.59 Å². The molecule has 1 saturated carbocycles. The molecule has 152 valence electrons. The van der Waals surface area contributed by atoms with Gasteiger partial charge in [-0.25, -0.2) is 0 Å². The lowest BCUT2D eigenvalue weighted by Gasteiger charge is -2.37. The summed E-state index contributed by atoms with van der Waals surface area (Å²) >= 11 is 0. The summed E-state index contributed by atoms with van der Waals surface area (Å²) in [7, 11) is 0. The van der Waals surface area contributed by atoms with Crippen LogP contribution in [-0.4, -0.2) is 53.3 Å². The first kappa shape index (κ1) is 19.4. The van der Waals surface area contributed by atoms with E-state index in [1.807, 2.05) is 17.9 Å². The third kappa shape index (κ3) is 3.82. The first-order valence-electron chi connectivity index (χ1n) is 11.0. The number of likely N-dealkylation sites (tertiary alicyclic amines) is 2. The number of nitrogens with one attached hydrogen (secondary N) is 1. The van der Waals surface area contributed by atoms with Gasteiger partial charge in [0, 0.05) is 19.1 Å². The van der Waals surface area contributed by atoms with Gasteiger partial charge in [-0.1, -0.05) is 43.2 Å². The van der Waals surface area contributed by atoms with E-state index in [1.165, 1.54) is 18.4 Å². The molecular formula is C23H33N3O2. The van der Waals surface area contributed by atoms with Gasteiger partial charge >= 0.3 is 0 Å². The van der Waals surface area contributed by atoms with Gasteiger partial charge in [0.2, 0.25) is 11.8 Å². The minimum absolute atomic E-state index is 0.0747. The Kier molecular flexibility index (Phi) is 5.72. The van der Waals surface area contributed by atoms with E-state index in [2.05, 4.69) is 34.5 Å². The molecule has 5 nitrogen and oxygen atoms in total. The van der Waals surface area contributed by atoms with Crippen LogP contribution in [0.2, 0.25) is 0 Å². The number of piperidine rings is 1. The van der Waals surface area contributed by atoms with E-state index in [0.717, 1.165) is 45.3 Å². The van der Waals surface area contributed by atoms with Gasteiger partial charge in [-0.05, 0) is 57.7 Å². The number of benzene rings is 1. The molecule has 1 atom stereocenters. The molecular weight excluding hydrogens is 350 g/mol. The van der Waals surface area contributed by atoms with Crippen LogP contribution in [0, 0.1) is 5.41 Å². The van der Waals surface area contributed by atoms with Crippen molar-refractivity contribution >= 4 is 11.8 Å². The minimum Gasteiger partial charge on any atom is -0.352 e. The smallest absolute Gasteiger partial charge is 0.243 e. The minimum atomic E-state index is -0.332. The molecule has 1 aliphatic carbocycles. The molecule has 2 aliphatic heterocycles. The number of rotatable bonds is 5. The summed E-state index contributed by atoms with van der Waals surface area (Å²) < 4.78 is 0. The largest absolute Gasteiger partial charge is 0.352 e. The lowest BCUT2D eigenvalue weighted by Crippen LogP contribution is -2.47. The summed E-state index contributed by atoms with van der Waals surface area (Å²) in [6, 6.07) is 10.6. The van der Waals surface area contributed by atoms with Crippen LogP contribution in [-0.2, 0) is 16.1 Å². The maximum atomic E-state index is 13.3. The van der Waals surface area contributed by atoms with Gasteiger partial charge in [-0.2, -0.15) is 0 Å². The second-order valence-electron chi connectivity index (χ2n) is 8.84. The molecule has 1 unspecified atom stereocenters. The Morgan fingerprint density at radius 2 is 1.82 bits per heavy atom. The summed E-state index contributed by atoms with van der Waals surface area (Å²) in [5.74, 6) is 0.284. The monoisotopic (exact) mass is 383 g/mol. The Labute approximate surface area is 168 Å². The SMILES string of the molecule is CCN1C(=O)C2(CCN(Cc3ccccc3)CC2)CC1C(=O)NC1CCCC1. The lowest BCUT2D eigenvalue weighted by atomic mass is 9.76. The number of hydrogen-bond donors (Lipinski definition) is 1. The molecule has 3 aliphatic rings. The predicted octanol–water partition coefficient (Wildman–Crippen LogP) is 2.95. The average Bonchev–Trinajstić information content (AvgIpc) is 3.31. The van der Waals surface area contributed by atoms with Crippen LogP contribution in [0.1, 0.15) is 57.4 Å². The molecule has 0 bridgehead atoms. The highest BCUT2D eigenvalue weighted by molar-refractivity contribution is 5.94. The molecule has 0 aromatic heterocycles. The molecule has 2 amide bonds.